The Morgan fingerprint density at radius 3 is 2.62 bits per heavy atom. The van der Waals surface area contributed by atoms with Crippen LogP contribution in [0.25, 0.3) is 10.9 Å². The minimum Gasteiger partial charge on any atom is -0.477 e. The van der Waals surface area contributed by atoms with Gasteiger partial charge in [0.05, 0.1) is 5.52 Å². The molecule has 82 valence electrons. The molecule has 1 aromatic carbocycles. The van der Waals surface area contributed by atoms with Gasteiger partial charge in [0.25, 0.3) is 0 Å². The van der Waals surface area contributed by atoms with Gasteiger partial charge in [0.1, 0.15) is 12.3 Å². The number of benzene rings is 1. The van der Waals surface area contributed by atoms with Gasteiger partial charge in [0, 0.05) is 11.6 Å². The zero-order valence-electron chi connectivity index (χ0n) is 8.25. The third kappa shape index (κ3) is 1.47. The number of aromatic carboxylic acids is 1. The predicted molar refractivity (Wildman–Crippen MR) is 57.4 cm³/mol. The molecule has 0 fully saturated rings. The lowest BCUT2D eigenvalue weighted by molar-refractivity contribution is 0.0694. The van der Waals surface area contributed by atoms with Crippen LogP contribution >= 0.6 is 0 Å². The molecule has 0 saturated heterocycles. The van der Waals surface area contributed by atoms with Gasteiger partial charge >= 0.3 is 5.97 Å². The molecule has 5 heteroatoms. The van der Waals surface area contributed by atoms with Crippen molar-refractivity contribution in [3.63, 3.8) is 0 Å². The Bertz CT molecular complexity index is 615. The Morgan fingerprint density at radius 1 is 1.31 bits per heavy atom. The summed E-state index contributed by atoms with van der Waals surface area (Å²) >= 11 is 0. The summed E-state index contributed by atoms with van der Waals surface area (Å²) in [5.74, 6) is -1.29. The summed E-state index contributed by atoms with van der Waals surface area (Å²) in [5.41, 5.74) is -0.361. The summed E-state index contributed by atoms with van der Waals surface area (Å²) < 4.78 is 1.32. The lowest BCUT2D eigenvalue weighted by Gasteiger charge is -2.08. The Hall–Kier alpha value is -2.14. The lowest BCUT2D eigenvalue weighted by atomic mass is 10.1. The van der Waals surface area contributed by atoms with Crippen molar-refractivity contribution in [2.75, 3.05) is 0 Å². The Morgan fingerprint density at radius 2 is 2.00 bits per heavy atom. The van der Waals surface area contributed by atoms with E-state index >= 15 is 0 Å². The Kier molecular flexibility index (Phi) is 2.46. The van der Waals surface area contributed by atoms with Gasteiger partial charge in [-0.05, 0) is 12.1 Å². The number of carbonyl (C=O) groups is 1. The van der Waals surface area contributed by atoms with Crippen molar-refractivity contribution in [2.24, 2.45) is 0 Å². The summed E-state index contributed by atoms with van der Waals surface area (Å²) in [6, 6.07) is 6.56. The van der Waals surface area contributed by atoms with Gasteiger partial charge in [0.15, 0.2) is 0 Å². The molecule has 2 aromatic rings. The highest BCUT2D eigenvalue weighted by Crippen LogP contribution is 2.11. The second-order valence-corrected chi connectivity index (χ2v) is 3.31. The number of fused-ring (bicyclic) bond motifs is 1. The van der Waals surface area contributed by atoms with Crippen molar-refractivity contribution >= 4 is 16.9 Å². The first kappa shape index (κ1) is 10.4. The van der Waals surface area contributed by atoms with E-state index in [9.17, 15) is 9.59 Å². The number of carboxylic acid groups (broad SMARTS) is 1. The van der Waals surface area contributed by atoms with Gasteiger partial charge in [-0.15, -0.1) is 0 Å². The molecule has 0 unspecified atom stereocenters. The fraction of sp³-hybridized carbons (Fsp3) is 0.0909. The minimum atomic E-state index is -1.29. The van der Waals surface area contributed by atoms with Crippen LogP contribution in [-0.4, -0.2) is 20.7 Å². The van der Waals surface area contributed by atoms with Gasteiger partial charge in [-0.25, -0.2) is 4.79 Å². The molecule has 0 aliphatic rings. The predicted octanol–water partition coefficient (Wildman–Crippen LogP) is 0.649. The lowest BCUT2D eigenvalue weighted by Crippen LogP contribution is -2.18. The highest BCUT2D eigenvalue weighted by molar-refractivity contribution is 5.92. The second-order valence-electron chi connectivity index (χ2n) is 3.31. The number of carboxylic acids is 1. The van der Waals surface area contributed by atoms with Gasteiger partial charge < -0.3 is 14.8 Å². The molecule has 2 N–H and O–H groups in total. The molecule has 0 radical (unpaired) electrons. The molecule has 0 amide bonds. The molecule has 0 aliphatic carbocycles. The summed E-state index contributed by atoms with van der Waals surface area (Å²) in [5, 5.41) is 18.2. The van der Waals surface area contributed by atoms with Gasteiger partial charge in [-0.2, -0.15) is 0 Å². The summed E-state index contributed by atoms with van der Waals surface area (Å²) in [6.45, 7) is -0.374. The van der Waals surface area contributed by atoms with Gasteiger partial charge in [0.2, 0.25) is 5.43 Å². The van der Waals surface area contributed by atoms with Crippen LogP contribution < -0.4 is 5.43 Å². The van der Waals surface area contributed by atoms with Crippen LogP contribution in [0.15, 0.2) is 35.3 Å². The maximum atomic E-state index is 11.8. The average molecular weight is 219 g/mol. The van der Waals surface area contributed by atoms with E-state index in [1.807, 2.05) is 0 Å². The van der Waals surface area contributed by atoms with Gasteiger partial charge in [-0.3, -0.25) is 4.79 Å². The fourth-order valence-corrected chi connectivity index (χ4v) is 1.61. The topological polar surface area (TPSA) is 79.5 Å². The van der Waals surface area contributed by atoms with E-state index in [0.29, 0.717) is 5.52 Å². The highest BCUT2D eigenvalue weighted by Gasteiger charge is 2.13. The number of aliphatic hydroxyl groups excluding tert-OH is 1. The molecule has 2 rings (SSSR count). The maximum Gasteiger partial charge on any atom is 0.341 e. The highest BCUT2D eigenvalue weighted by atomic mass is 16.4. The normalized spacial score (nSPS) is 10.6. The largest absolute Gasteiger partial charge is 0.477 e. The first-order valence-electron chi connectivity index (χ1n) is 4.61. The average Bonchev–Trinajstić information content (AvgIpc) is 2.29. The molecule has 0 spiro atoms. The third-order valence-electron chi connectivity index (χ3n) is 2.37. The molecule has 0 saturated carbocycles. The van der Waals surface area contributed by atoms with Crippen LogP contribution in [0, 0.1) is 0 Å². The number of aliphatic hydroxyl groups is 1. The van der Waals surface area contributed by atoms with E-state index in [1.165, 1.54) is 10.6 Å². The molecule has 0 bridgehead atoms. The smallest absolute Gasteiger partial charge is 0.341 e. The Balaban J connectivity index is 2.94. The quantitative estimate of drug-likeness (QED) is 0.777. The van der Waals surface area contributed by atoms with E-state index in [1.54, 1.807) is 18.2 Å². The van der Waals surface area contributed by atoms with Crippen molar-refractivity contribution in [3.05, 3.63) is 46.2 Å². The minimum absolute atomic E-state index is 0.288. The zero-order valence-corrected chi connectivity index (χ0v) is 8.25. The molecular formula is C11H9NO4. The van der Waals surface area contributed by atoms with Crippen LogP contribution in [0.4, 0.5) is 0 Å². The van der Waals surface area contributed by atoms with E-state index < -0.39 is 11.4 Å². The molecule has 16 heavy (non-hydrogen) atoms. The maximum absolute atomic E-state index is 11.8. The van der Waals surface area contributed by atoms with E-state index in [4.69, 9.17) is 10.2 Å². The number of pyridine rings is 1. The summed E-state index contributed by atoms with van der Waals surface area (Å²) in [4.78, 5) is 22.6. The molecule has 0 aliphatic heterocycles. The van der Waals surface area contributed by atoms with Crippen LogP contribution in [0.2, 0.25) is 0 Å². The standard InChI is InChI=1S/C11H9NO4/c13-6-12-5-8(11(15)16)10(14)7-3-1-2-4-9(7)12/h1-5,13H,6H2,(H,15,16). The Labute approximate surface area is 90.2 Å². The molecule has 0 atom stereocenters. The SMILES string of the molecule is O=C(O)c1cn(CO)c2ccccc2c1=O. The number of aromatic nitrogens is 1. The van der Waals surface area contributed by atoms with Crippen LogP contribution in [0.5, 0.6) is 0 Å². The molecular weight excluding hydrogens is 210 g/mol. The number of hydrogen-bond donors (Lipinski definition) is 2. The molecule has 1 heterocycles. The van der Waals surface area contributed by atoms with Crippen LogP contribution in [0.3, 0.4) is 0 Å². The zero-order chi connectivity index (χ0) is 11.7. The summed E-state index contributed by atoms with van der Waals surface area (Å²) in [7, 11) is 0. The first-order valence-corrected chi connectivity index (χ1v) is 4.61. The van der Waals surface area contributed by atoms with Crippen LogP contribution in [0.1, 0.15) is 10.4 Å². The van der Waals surface area contributed by atoms with E-state index in [2.05, 4.69) is 0 Å². The monoisotopic (exact) mass is 219 g/mol. The summed E-state index contributed by atoms with van der Waals surface area (Å²) in [6.07, 6.45) is 1.15. The third-order valence-corrected chi connectivity index (χ3v) is 2.37. The van der Waals surface area contributed by atoms with E-state index in [0.717, 1.165) is 6.20 Å². The molecule has 1 aromatic heterocycles. The first-order chi connectivity index (χ1) is 7.65. The molecule has 5 nitrogen and oxygen atoms in total. The van der Waals surface area contributed by atoms with Crippen molar-refractivity contribution in [3.8, 4) is 0 Å². The number of para-hydroxylation sites is 1. The van der Waals surface area contributed by atoms with Crippen molar-refractivity contribution in [1.29, 1.82) is 0 Å². The van der Waals surface area contributed by atoms with Crippen LogP contribution in [-0.2, 0) is 6.73 Å². The van der Waals surface area contributed by atoms with Gasteiger partial charge in [-0.1, -0.05) is 12.1 Å². The number of hydrogen-bond acceptors (Lipinski definition) is 3. The fourth-order valence-electron chi connectivity index (χ4n) is 1.61. The number of rotatable bonds is 2. The van der Waals surface area contributed by atoms with Crippen molar-refractivity contribution in [2.45, 2.75) is 6.73 Å². The van der Waals surface area contributed by atoms with E-state index in [-0.39, 0.29) is 17.7 Å². The second kappa shape index (κ2) is 3.79. The number of nitrogens with zero attached hydrogens (tertiary/aromatic N) is 1. The van der Waals surface area contributed by atoms with Crippen molar-refractivity contribution < 1.29 is 15.0 Å². The van der Waals surface area contributed by atoms with Crippen molar-refractivity contribution in [1.82, 2.24) is 4.57 Å².